The van der Waals surface area contributed by atoms with Gasteiger partial charge in [0.05, 0.1) is 0 Å². The topological polar surface area (TPSA) is 18.5 Å². The first-order valence-corrected chi connectivity index (χ1v) is 10.3. The normalized spacial score (nSPS) is 12.7. The highest BCUT2D eigenvalue weighted by molar-refractivity contribution is 5.36. The van der Waals surface area contributed by atoms with Gasteiger partial charge in [0.2, 0.25) is 0 Å². The van der Waals surface area contributed by atoms with Gasteiger partial charge >= 0.3 is 0 Å². The van der Waals surface area contributed by atoms with Crippen LogP contribution in [-0.2, 0) is 0 Å². The maximum Gasteiger partial charge on any atom is 0.165 e. The molecular weight excluding hydrogens is 368 g/mol. The van der Waals surface area contributed by atoms with Crippen molar-refractivity contribution in [3.63, 3.8) is 0 Å². The van der Waals surface area contributed by atoms with Crippen LogP contribution in [0.25, 0.3) is 0 Å². The van der Waals surface area contributed by atoms with E-state index in [0.717, 1.165) is 33.8 Å². The Bertz CT molecular complexity index is 985. The fourth-order valence-corrected chi connectivity index (χ4v) is 3.55. The Morgan fingerprint density at radius 1 is 0.433 bits per heavy atom. The Morgan fingerprint density at radius 2 is 0.767 bits per heavy atom. The maximum atomic E-state index is 6.63. The van der Waals surface area contributed by atoms with Gasteiger partial charge < -0.3 is 9.47 Å². The predicted octanol–water partition coefficient (Wildman–Crippen LogP) is 7.24. The first-order valence-electron chi connectivity index (χ1n) is 10.3. The van der Waals surface area contributed by atoms with E-state index in [-0.39, 0.29) is 12.2 Å². The van der Waals surface area contributed by atoms with Crippen molar-refractivity contribution in [3.8, 4) is 11.5 Å². The van der Waals surface area contributed by atoms with Crippen molar-refractivity contribution < 1.29 is 9.47 Å². The van der Waals surface area contributed by atoms with Crippen molar-refractivity contribution in [1.82, 2.24) is 0 Å². The molecule has 0 aliphatic rings. The lowest BCUT2D eigenvalue weighted by molar-refractivity contribution is 0.0515. The van der Waals surface area contributed by atoms with Crippen LogP contribution in [0.15, 0.2) is 109 Å². The van der Waals surface area contributed by atoms with Gasteiger partial charge in [-0.15, -0.1) is 0 Å². The van der Waals surface area contributed by atoms with Crippen LogP contribution in [0.3, 0.4) is 0 Å². The van der Waals surface area contributed by atoms with Crippen LogP contribution in [0.4, 0.5) is 0 Å². The lowest BCUT2D eigenvalue weighted by Gasteiger charge is -2.30. The van der Waals surface area contributed by atoms with Gasteiger partial charge in [0, 0.05) is 0 Å². The molecule has 0 spiro atoms. The number of hydrogen-bond acceptors (Lipinski definition) is 2. The molecule has 0 saturated carbocycles. The Kier molecular flexibility index (Phi) is 6.14. The zero-order valence-corrected chi connectivity index (χ0v) is 17.4. The monoisotopic (exact) mass is 394 g/mol. The lowest BCUT2D eigenvalue weighted by Crippen LogP contribution is -2.23. The molecule has 0 aromatic heterocycles. The Labute approximate surface area is 178 Å². The van der Waals surface area contributed by atoms with Gasteiger partial charge in [-0.25, -0.2) is 0 Å². The Hall–Kier alpha value is -3.52. The van der Waals surface area contributed by atoms with E-state index in [1.165, 1.54) is 0 Å². The van der Waals surface area contributed by atoms with Gasteiger partial charge in [-0.05, 0) is 48.2 Å². The van der Waals surface area contributed by atoms with E-state index in [0.29, 0.717) is 0 Å². The summed E-state index contributed by atoms with van der Waals surface area (Å²) in [5.41, 5.74) is 4.34. The van der Waals surface area contributed by atoms with Gasteiger partial charge in [0.25, 0.3) is 0 Å². The van der Waals surface area contributed by atoms with E-state index in [1.807, 2.05) is 72.8 Å². The maximum absolute atomic E-state index is 6.63. The molecule has 0 aliphatic carbocycles. The van der Waals surface area contributed by atoms with E-state index in [9.17, 15) is 0 Å². The molecule has 0 N–H and O–H groups in total. The molecule has 2 nitrogen and oxygen atoms in total. The van der Waals surface area contributed by atoms with E-state index in [1.54, 1.807) is 0 Å². The van der Waals surface area contributed by atoms with E-state index < -0.39 is 0 Å². The summed E-state index contributed by atoms with van der Waals surface area (Å²) < 4.78 is 13.3. The minimum atomic E-state index is -0.311. The van der Waals surface area contributed by atoms with Crippen LogP contribution >= 0.6 is 0 Å². The molecule has 2 heteroatoms. The summed E-state index contributed by atoms with van der Waals surface area (Å²) in [6, 6.07) is 36.8. The van der Waals surface area contributed by atoms with Crippen molar-refractivity contribution >= 4 is 0 Å². The highest BCUT2D eigenvalue weighted by Gasteiger charge is 2.29. The number of ether oxygens (including phenoxy) is 2. The molecule has 4 aromatic rings. The quantitative estimate of drug-likeness (QED) is 0.329. The molecule has 0 aliphatic heterocycles. The number of benzene rings is 4. The minimum absolute atomic E-state index is 0.311. The molecule has 0 bridgehead atoms. The standard InChI is InChI=1S/C28H26O2/c1-21-13-9-11-19-25(21)29-27(23-15-5-3-6-16-23)28(24-17-7-4-8-18-24)30-26-20-12-10-14-22(26)2/h3-20,27-28H,1-2H3/t27-,28-/m1/s1. The van der Waals surface area contributed by atoms with Crippen LogP contribution in [0.1, 0.15) is 34.5 Å². The van der Waals surface area contributed by atoms with Gasteiger partial charge in [-0.2, -0.15) is 0 Å². The molecule has 30 heavy (non-hydrogen) atoms. The number of rotatable bonds is 7. The molecule has 0 amide bonds. The molecule has 0 saturated heterocycles. The highest BCUT2D eigenvalue weighted by atomic mass is 16.5. The van der Waals surface area contributed by atoms with Crippen LogP contribution in [0.5, 0.6) is 11.5 Å². The molecule has 0 radical (unpaired) electrons. The SMILES string of the molecule is Cc1ccccc1O[C@H](c1ccccc1)[C@H](Oc1ccccc1C)c1ccccc1. The molecule has 4 aromatic carbocycles. The molecule has 0 fully saturated rings. The van der Waals surface area contributed by atoms with E-state index in [4.69, 9.17) is 9.47 Å². The molecule has 4 rings (SSSR count). The summed E-state index contributed by atoms with van der Waals surface area (Å²) in [6.07, 6.45) is -0.622. The summed E-state index contributed by atoms with van der Waals surface area (Å²) in [7, 11) is 0. The van der Waals surface area contributed by atoms with E-state index >= 15 is 0 Å². The summed E-state index contributed by atoms with van der Waals surface area (Å²) in [4.78, 5) is 0. The molecule has 0 heterocycles. The minimum Gasteiger partial charge on any atom is -0.481 e. The second-order valence-corrected chi connectivity index (χ2v) is 7.43. The zero-order valence-electron chi connectivity index (χ0n) is 17.4. The number of hydrogen-bond donors (Lipinski definition) is 0. The fourth-order valence-electron chi connectivity index (χ4n) is 3.55. The van der Waals surface area contributed by atoms with E-state index in [2.05, 4.69) is 50.2 Å². The van der Waals surface area contributed by atoms with Crippen LogP contribution in [0.2, 0.25) is 0 Å². The molecule has 150 valence electrons. The fraction of sp³-hybridized carbons (Fsp3) is 0.143. The predicted molar refractivity (Wildman–Crippen MR) is 122 cm³/mol. The first kappa shape index (κ1) is 19.8. The highest BCUT2D eigenvalue weighted by Crippen LogP contribution is 2.38. The second kappa shape index (κ2) is 9.32. The third kappa shape index (κ3) is 4.55. The largest absolute Gasteiger partial charge is 0.481 e. The lowest BCUT2D eigenvalue weighted by atomic mass is 9.97. The van der Waals surface area contributed by atoms with Gasteiger partial charge in [-0.3, -0.25) is 0 Å². The van der Waals surface area contributed by atoms with Gasteiger partial charge in [-0.1, -0.05) is 97.1 Å². The molecule has 0 unspecified atom stereocenters. The van der Waals surface area contributed by atoms with Crippen molar-refractivity contribution in [2.24, 2.45) is 0 Å². The van der Waals surface area contributed by atoms with Crippen molar-refractivity contribution in [2.75, 3.05) is 0 Å². The van der Waals surface area contributed by atoms with Crippen LogP contribution in [-0.4, -0.2) is 0 Å². The number of para-hydroxylation sites is 2. The zero-order chi connectivity index (χ0) is 20.8. The van der Waals surface area contributed by atoms with Crippen molar-refractivity contribution in [1.29, 1.82) is 0 Å². The van der Waals surface area contributed by atoms with Crippen LogP contribution < -0.4 is 9.47 Å². The molecule has 2 atom stereocenters. The number of aryl methyl sites for hydroxylation is 2. The van der Waals surface area contributed by atoms with Gasteiger partial charge in [0.15, 0.2) is 12.2 Å². The molecular formula is C28H26O2. The summed E-state index contributed by atoms with van der Waals surface area (Å²) in [5.74, 6) is 1.72. The summed E-state index contributed by atoms with van der Waals surface area (Å²) in [5, 5.41) is 0. The van der Waals surface area contributed by atoms with Crippen LogP contribution in [0, 0.1) is 13.8 Å². The Balaban J connectivity index is 1.80. The smallest absolute Gasteiger partial charge is 0.165 e. The summed E-state index contributed by atoms with van der Waals surface area (Å²) >= 11 is 0. The average Bonchev–Trinajstić information content (AvgIpc) is 2.80. The third-order valence-corrected chi connectivity index (χ3v) is 5.23. The first-order chi connectivity index (χ1) is 14.7. The Morgan fingerprint density at radius 3 is 1.13 bits per heavy atom. The second-order valence-electron chi connectivity index (χ2n) is 7.43. The third-order valence-electron chi connectivity index (χ3n) is 5.23. The van der Waals surface area contributed by atoms with Crippen molar-refractivity contribution in [3.05, 3.63) is 131 Å². The average molecular weight is 395 g/mol. The summed E-state index contributed by atoms with van der Waals surface area (Å²) in [6.45, 7) is 4.13. The van der Waals surface area contributed by atoms with Crippen molar-refractivity contribution in [2.45, 2.75) is 26.1 Å². The van der Waals surface area contributed by atoms with Gasteiger partial charge in [0.1, 0.15) is 11.5 Å².